The Bertz CT molecular complexity index is 331. The molecule has 2 unspecified atom stereocenters. The second kappa shape index (κ2) is 6.42. The zero-order chi connectivity index (χ0) is 12.1. The molecule has 94 valence electrons. The van der Waals surface area contributed by atoms with E-state index in [2.05, 4.69) is 24.4 Å². The van der Waals surface area contributed by atoms with Gasteiger partial charge < -0.3 is 5.32 Å². The van der Waals surface area contributed by atoms with Crippen LogP contribution < -0.4 is 5.32 Å². The minimum atomic E-state index is 0.837. The van der Waals surface area contributed by atoms with Crippen LogP contribution in [0, 0.1) is 11.8 Å². The molecule has 1 saturated heterocycles. The topological polar surface area (TPSA) is 12.0 Å². The summed E-state index contributed by atoms with van der Waals surface area (Å²) in [6, 6.07) is 8.36. The smallest absolute Gasteiger partial charge is 0.0406 e. The van der Waals surface area contributed by atoms with Gasteiger partial charge in [0.2, 0.25) is 0 Å². The first-order valence-electron chi connectivity index (χ1n) is 6.74. The average Bonchev–Trinajstić information content (AvgIpc) is 2.35. The molecule has 0 amide bonds. The van der Waals surface area contributed by atoms with E-state index in [0.717, 1.165) is 16.9 Å². The van der Waals surface area contributed by atoms with Crippen molar-refractivity contribution in [3.63, 3.8) is 0 Å². The minimum absolute atomic E-state index is 0.837. The predicted molar refractivity (Wildman–Crippen MR) is 74.5 cm³/mol. The first kappa shape index (κ1) is 12.9. The van der Waals surface area contributed by atoms with Gasteiger partial charge in [-0.2, -0.15) is 0 Å². The van der Waals surface area contributed by atoms with E-state index in [4.69, 9.17) is 11.6 Å². The standard InChI is InChI=1S/C15H22ClN/c1-2-3-14-11-17-9-8-13(14)10-12-4-6-15(16)7-5-12/h4-7,13-14,17H,2-3,8-11H2,1H3. The molecule has 2 rings (SSSR count). The highest BCUT2D eigenvalue weighted by Gasteiger charge is 2.24. The first-order valence-corrected chi connectivity index (χ1v) is 7.12. The number of hydrogen-bond acceptors (Lipinski definition) is 1. The quantitative estimate of drug-likeness (QED) is 0.856. The summed E-state index contributed by atoms with van der Waals surface area (Å²) in [7, 11) is 0. The van der Waals surface area contributed by atoms with Gasteiger partial charge in [-0.05, 0) is 61.9 Å². The van der Waals surface area contributed by atoms with Gasteiger partial charge in [-0.3, -0.25) is 0 Å². The molecule has 0 aliphatic carbocycles. The van der Waals surface area contributed by atoms with E-state index in [0.29, 0.717) is 0 Å². The van der Waals surface area contributed by atoms with Gasteiger partial charge in [0, 0.05) is 5.02 Å². The number of piperidine rings is 1. The Morgan fingerprint density at radius 1 is 1.24 bits per heavy atom. The van der Waals surface area contributed by atoms with E-state index in [-0.39, 0.29) is 0 Å². The lowest BCUT2D eigenvalue weighted by molar-refractivity contribution is 0.238. The van der Waals surface area contributed by atoms with Gasteiger partial charge >= 0.3 is 0 Å². The number of hydrogen-bond donors (Lipinski definition) is 1. The molecular weight excluding hydrogens is 230 g/mol. The fraction of sp³-hybridized carbons (Fsp3) is 0.600. The van der Waals surface area contributed by atoms with Crippen LogP contribution in [-0.4, -0.2) is 13.1 Å². The molecule has 1 aliphatic rings. The highest BCUT2D eigenvalue weighted by molar-refractivity contribution is 6.30. The van der Waals surface area contributed by atoms with Crippen molar-refractivity contribution in [2.24, 2.45) is 11.8 Å². The van der Waals surface area contributed by atoms with E-state index < -0.39 is 0 Å². The number of benzene rings is 1. The molecule has 0 saturated carbocycles. The van der Waals surface area contributed by atoms with Crippen molar-refractivity contribution >= 4 is 11.6 Å². The Kier molecular flexibility index (Phi) is 4.87. The van der Waals surface area contributed by atoms with Crippen molar-refractivity contribution in [3.8, 4) is 0 Å². The molecule has 1 aromatic carbocycles. The predicted octanol–water partition coefficient (Wildman–Crippen LogP) is 3.91. The van der Waals surface area contributed by atoms with Gasteiger partial charge in [0.1, 0.15) is 0 Å². The van der Waals surface area contributed by atoms with Crippen molar-refractivity contribution < 1.29 is 0 Å². The second-order valence-corrected chi connectivity index (χ2v) is 5.57. The van der Waals surface area contributed by atoms with Crippen molar-refractivity contribution in [1.29, 1.82) is 0 Å². The third kappa shape index (κ3) is 3.72. The molecule has 0 aromatic heterocycles. The summed E-state index contributed by atoms with van der Waals surface area (Å²) in [4.78, 5) is 0. The van der Waals surface area contributed by atoms with Crippen molar-refractivity contribution in [2.75, 3.05) is 13.1 Å². The van der Waals surface area contributed by atoms with Crippen LogP contribution in [0.5, 0.6) is 0 Å². The maximum absolute atomic E-state index is 5.92. The van der Waals surface area contributed by atoms with Gasteiger partial charge in [0.15, 0.2) is 0 Å². The largest absolute Gasteiger partial charge is 0.316 e. The van der Waals surface area contributed by atoms with Crippen LogP contribution in [0.15, 0.2) is 24.3 Å². The number of rotatable bonds is 4. The third-order valence-electron chi connectivity index (χ3n) is 3.84. The molecule has 1 heterocycles. The summed E-state index contributed by atoms with van der Waals surface area (Å²) in [6.45, 7) is 4.67. The molecule has 1 N–H and O–H groups in total. The Morgan fingerprint density at radius 2 is 2.00 bits per heavy atom. The van der Waals surface area contributed by atoms with E-state index in [1.165, 1.54) is 44.3 Å². The maximum Gasteiger partial charge on any atom is 0.0406 e. The van der Waals surface area contributed by atoms with Gasteiger partial charge in [-0.15, -0.1) is 0 Å². The highest BCUT2D eigenvalue weighted by Crippen LogP contribution is 2.27. The van der Waals surface area contributed by atoms with Gasteiger partial charge in [0.05, 0.1) is 0 Å². The van der Waals surface area contributed by atoms with Gasteiger partial charge in [-0.1, -0.05) is 37.1 Å². The number of halogens is 1. The third-order valence-corrected chi connectivity index (χ3v) is 4.09. The zero-order valence-corrected chi connectivity index (χ0v) is 11.3. The molecule has 1 aromatic rings. The fourth-order valence-electron chi connectivity index (χ4n) is 2.88. The van der Waals surface area contributed by atoms with Crippen LogP contribution in [0.4, 0.5) is 0 Å². The van der Waals surface area contributed by atoms with Crippen LogP contribution in [0.3, 0.4) is 0 Å². The molecule has 0 spiro atoms. The van der Waals surface area contributed by atoms with Crippen molar-refractivity contribution in [3.05, 3.63) is 34.9 Å². The Labute approximate surface area is 110 Å². The minimum Gasteiger partial charge on any atom is -0.316 e. The Hall–Kier alpha value is -0.530. The highest BCUT2D eigenvalue weighted by atomic mass is 35.5. The lowest BCUT2D eigenvalue weighted by Crippen LogP contribution is -2.37. The van der Waals surface area contributed by atoms with E-state index in [9.17, 15) is 0 Å². The maximum atomic E-state index is 5.92. The molecular formula is C15H22ClN. The average molecular weight is 252 g/mol. The fourth-order valence-corrected chi connectivity index (χ4v) is 3.00. The van der Waals surface area contributed by atoms with Gasteiger partial charge in [0.25, 0.3) is 0 Å². The zero-order valence-electron chi connectivity index (χ0n) is 10.6. The van der Waals surface area contributed by atoms with Crippen molar-refractivity contribution in [1.82, 2.24) is 5.32 Å². The van der Waals surface area contributed by atoms with Gasteiger partial charge in [-0.25, -0.2) is 0 Å². The molecule has 0 radical (unpaired) electrons. The summed E-state index contributed by atoms with van der Waals surface area (Å²) < 4.78 is 0. The SMILES string of the molecule is CCCC1CNCCC1Cc1ccc(Cl)cc1. The van der Waals surface area contributed by atoms with E-state index in [1.54, 1.807) is 0 Å². The van der Waals surface area contributed by atoms with Crippen LogP contribution in [0.2, 0.25) is 5.02 Å². The lowest BCUT2D eigenvalue weighted by atomic mass is 9.80. The Morgan fingerprint density at radius 3 is 2.71 bits per heavy atom. The summed E-state index contributed by atoms with van der Waals surface area (Å²) in [6.07, 6.45) is 5.17. The summed E-state index contributed by atoms with van der Waals surface area (Å²) in [5.41, 5.74) is 1.43. The normalized spacial score (nSPS) is 24.8. The first-order chi connectivity index (χ1) is 8.29. The van der Waals surface area contributed by atoms with Crippen LogP contribution >= 0.6 is 11.6 Å². The van der Waals surface area contributed by atoms with Crippen LogP contribution in [0.1, 0.15) is 31.7 Å². The molecule has 2 atom stereocenters. The summed E-state index contributed by atoms with van der Waals surface area (Å²) >= 11 is 5.92. The van der Waals surface area contributed by atoms with E-state index >= 15 is 0 Å². The monoisotopic (exact) mass is 251 g/mol. The summed E-state index contributed by atoms with van der Waals surface area (Å²) in [5.74, 6) is 1.70. The second-order valence-electron chi connectivity index (χ2n) is 5.13. The molecule has 1 fully saturated rings. The molecule has 2 heteroatoms. The molecule has 0 bridgehead atoms. The molecule has 1 aliphatic heterocycles. The number of nitrogens with one attached hydrogen (secondary N) is 1. The van der Waals surface area contributed by atoms with Crippen molar-refractivity contribution in [2.45, 2.75) is 32.6 Å². The summed E-state index contributed by atoms with van der Waals surface area (Å²) in [5, 5.41) is 4.36. The molecule has 17 heavy (non-hydrogen) atoms. The molecule has 1 nitrogen and oxygen atoms in total. The Balaban J connectivity index is 1.97. The van der Waals surface area contributed by atoms with E-state index in [1.807, 2.05) is 12.1 Å². The van der Waals surface area contributed by atoms with Crippen LogP contribution in [0.25, 0.3) is 0 Å². The van der Waals surface area contributed by atoms with Crippen LogP contribution in [-0.2, 0) is 6.42 Å². The lowest BCUT2D eigenvalue weighted by Gasteiger charge is -2.32.